The average molecular weight is 367 g/mol. The van der Waals surface area contributed by atoms with Gasteiger partial charge in [0.2, 0.25) is 0 Å². The van der Waals surface area contributed by atoms with E-state index in [1.165, 1.54) is 0 Å². The van der Waals surface area contributed by atoms with E-state index < -0.39 is 9.52 Å². The molecule has 1 amide bonds. The minimum atomic E-state index is -2.06. The Labute approximate surface area is 149 Å². The lowest BCUT2D eigenvalue weighted by molar-refractivity contribution is -0.127. The van der Waals surface area contributed by atoms with Crippen LogP contribution in [-0.2, 0) is 20.9 Å². The van der Waals surface area contributed by atoms with Gasteiger partial charge in [0.15, 0.2) is 0 Å². The van der Waals surface area contributed by atoms with E-state index in [1.54, 1.807) is 11.2 Å². The van der Waals surface area contributed by atoms with E-state index in [0.717, 1.165) is 11.3 Å². The molecule has 1 aliphatic heterocycles. The first-order valence-corrected chi connectivity index (χ1v) is 10.5. The van der Waals surface area contributed by atoms with Crippen molar-refractivity contribution in [3.8, 4) is 0 Å². The lowest BCUT2D eigenvalue weighted by Gasteiger charge is -2.24. The Morgan fingerprint density at radius 1 is 1.42 bits per heavy atom. The van der Waals surface area contributed by atoms with Gasteiger partial charge in [-0.15, -0.1) is 0 Å². The molecule has 6 heteroatoms. The minimum absolute atomic E-state index is 0.0396. The third kappa shape index (κ3) is 5.49. The molecule has 1 aromatic rings. The van der Waals surface area contributed by atoms with Gasteiger partial charge >= 0.3 is 0 Å². The van der Waals surface area contributed by atoms with Gasteiger partial charge < -0.3 is 4.90 Å². The van der Waals surface area contributed by atoms with Crippen LogP contribution < -0.4 is 0 Å². The molecule has 0 bridgehead atoms. The Morgan fingerprint density at radius 3 is 2.71 bits per heavy atom. The van der Waals surface area contributed by atoms with Gasteiger partial charge in [-0.2, -0.15) is 0 Å². The lowest BCUT2D eigenvalue weighted by atomic mass is 10.1. The summed E-state index contributed by atoms with van der Waals surface area (Å²) in [4.78, 5) is 18.8. The fourth-order valence-corrected chi connectivity index (χ4v) is 3.47. The van der Waals surface area contributed by atoms with E-state index >= 15 is 0 Å². The van der Waals surface area contributed by atoms with Gasteiger partial charge in [-0.1, -0.05) is 29.8 Å². The van der Waals surface area contributed by atoms with Crippen LogP contribution in [0.4, 0.5) is 0 Å². The smallest absolute Gasteiger partial charge is 0.252 e. The Bertz CT molecular complexity index is 782. The second-order valence-electron chi connectivity index (χ2n) is 6.19. The number of rotatable bonds is 7. The van der Waals surface area contributed by atoms with Crippen LogP contribution in [0, 0.1) is 0 Å². The maximum Gasteiger partial charge on any atom is 0.252 e. The fourth-order valence-electron chi connectivity index (χ4n) is 2.53. The maximum atomic E-state index is 12.8. The molecular formula is C18H23ClN2O2S. The zero-order chi connectivity index (χ0) is 17.7. The lowest BCUT2D eigenvalue weighted by Crippen LogP contribution is -2.34. The zero-order valence-corrected chi connectivity index (χ0v) is 15.7. The highest BCUT2D eigenvalue weighted by Crippen LogP contribution is 2.19. The molecule has 0 spiro atoms. The Hall–Kier alpha value is -1.59. The van der Waals surface area contributed by atoms with Crippen LogP contribution in [0.5, 0.6) is 0 Å². The van der Waals surface area contributed by atoms with Crippen LogP contribution in [0.1, 0.15) is 18.9 Å². The van der Waals surface area contributed by atoms with Crippen LogP contribution in [-0.4, -0.2) is 51.7 Å². The molecule has 0 fully saturated rings. The number of nitrogens with zero attached hydrogens (tertiary/aromatic N) is 2. The molecule has 0 aromatic heterocycles. The fraction of sp³-hybridized carbons (Fsp3) is 0.389. The molecular weight excluding hydrogens is 344 g/mol. The van der Waals surface area contributed by atoms with E-state index in [2.05, 4.69) is 10.9 Å². The molecule has 130 valence electrons. The number of carbonyl (C=O) groups excluding carboxylic acids is 1. The van der Waals surface area contributed by atoms with Gasteiger partial charge in [-0.05, 0) is 46.4 Å². The van der Waals surface area contributed by atoms with E-state index in [-0.39, 0.29) is 5.91 Å². The summed E-state index contributed by atoms with van der Waals surface area (Å²) >= 11 is 6.23. The third-order valence-corrected chi connectivity index (χ3v) is 5.29. The second kappa shape index (κ2) is 7.99. The number of hydrogen-bond donors (Lipinski definition) is 0. The van der Waals surface area contributed by atoms with Gasteiger partial charge in [-0.25, -0.2) is 0 Å². The zero-order valence-electron chi connectivity index (χ0n) is 14.1. The number of aliphatic imine (C=N–C) groups is 1. The summed E-state index contributed by atoms with van der Waals surface area (Å²) in [7, 11) is -2.06. The summed E-state index contributed by atoms with van der Waals surface area (Å²) < 4.78 is 11.8. The molecule has 1 unspecified atom stereocenters. The van der Waals surface area contributed by atoms with Crippen LogP contribution in [0.25, 0.3) is 0 Å². The molecule has 1 atom stereocenters. The van der Waals surface area contributed by atoms with Gasteiger partial charge in [0.05, 0.1) is 6.54 Å². The summed E-state index contributed by atoms with van der Waals surface area (Å²) in [5.41, 5.74) is 2.45. The quantitative estimate of drug-likeness (QED) is 0.697. The molecule has 1 aromatic carbocycles. The summed E-state index contributed by atoms with van der Waals surface area (Å²) in [6, 6.07) is 7.50. The second-order valence-corrected chi connectivity index (χ2v) is 9.37. The first-order valence-electron chi connectivity index (χ1n) is 7.80. The van der Waals surface area contributed by atoms with Crippen LogP contribution in [0.2, 0.25) is 5.02 Å². The largest absolute Gasteiger partial charge is 0.334 e. The van der Waals surface area contributed by atoms with Crippen molar-refractivity contribution in [3.05, 3.63) is 46.5 Å². The van der Waals surface area contributed by atoms with Crippen molar-refractivity contribution >= 4 is 38.6 Å². The van der Waals surface area contributed by atoms with Crippen molar-refractivity contribution in [2.24, 2.45) is 4.99 Å². The van der Waals surface area contributed by atoms with Gasteiger partial charge in [0.1, 0.15) is 0 Å². The molecule has 0 saturated carbocycles. The monoisotopic (exact) mass is 366 g/mol. The van der Waals surface area contributed by atoms with Gasteiger partial charge in [0.25, 0.3) is 5.91 Å². The van der Waals surface area contributed by atoms with Gasteiger partial charge in [0, 0.05) is 41.4 Å². The molecule has 2 rings (SSSR count). The van der Waals surface area contributed by atoms with Gasteiger partial charge in [-0.3, -0.25) is 14.0 Å². The van der Waals surface area contributed by atoms with Crippen LogP contribution in [0.3, 0.4) is 0 Å². The number of benzene rings is 1. The van der Waals surface area contributed by atoms with E-state index in [1.807, 2.05) is 37.3 Å². The van der Waals surface area contributed by atoms with Crippen molar-refractivity contribution in [2.45, 2.75) is 19.9 Å². The normalized spacial score (nSPS) is 16.3. The third-order valence-electron chi connectivity index (χ3n) is 3.77. The predicted octanol–water partition coefficient (Wildman–Crippen LogP) is 2.81. The van der Waals surface area contributed by atoms with Crippen LogP contribution >= 0.6 is 11.6 Å². The van der Waals surface area contributed by atoms with Crippen molar-refractivity contribution in [1.29, 1.82) is 0 Å². The SMILES string of the molecule is C=S(C)(=O)CCCN(Cc1ccccc1Cl)C(=O)C1=CC(C)=NC1. The summed E-state index contributed by atoms with van der Waals surface area (Å²) in [5, 5.41) is 0.638. The molecule has 4 nitrogen and oxygen atoms in total. The van der Waals surface area contributed by atoms with E-state index in [4.69, 9.17) is 11.6 Å². The van der Waals surface area contributed by atoms with Crippen molar-refractivity contribution in [3.63, 3.8) is 0 Å². The highest BCUT2D eigenvalue weighted by molar-refractivity contribution is 7.99. The number of hydrogen-bond acceptors (Lipinski definition) is 3. The first-order chi connectivity index (χ1) is 11.3. The Kier molecular flexibility index (Phi) is 6.24. The topological polar surface area (TPSA) is 49.7 Å². The number of allylic oxidation sites excluding steroid dienone is 1. The molecule has 0 N–H and O–H groups in total. The molecule has 0 saturated heterocycles. The summed E-state index contributed by atoms with van der Waals surface area (Å²) in [6.45, 7) is 3.24. The highest BCUT2D eigenvalue weighted by Gasteiger charge is 2.21. The molecule has 0 radical (unpaired) electrons. The number of carbonyl (C=O) groups is 1. The molecule has 1 heterocycles. The average Bonchev–Trinajstić information content (AvgIpc) is 2.93. The molecule has 24 heavy (non-hydrogen) atoms. The Morgan fingerprint density at radius 2 is 2.12 bits per heavy atom. The molecule has 0 aliphatic carbocycles. The minimum Gasteiger partial charge on any atom is -0.334 e. The predicted molar refractivity (Wildman–Crippen MR) is 104 cm³/mol. The number of halogens is 1. The standard InChI is InChI=1S/C18H23ClN2O2S/c1-14-11-16(12-20-14)18(22)21(9-6-10-24(2,3)23)13-15-7-4-5-8-17(15)19/h4-5,7-8,11H,2,6,9-10,12-13H2,1,3H3. The highest BCUT2D eigenvalue weighted by atomic mass is 35.5. The maximum absolute atomic E-state index is 12.8. The first kappa shape index (κ1) is 18.7. The van der Waals surface area contributed by atoms with Crippen LogP contribution in [0.15, 0.2) is 40.9 Å². The molecule has 1 aliphatic rings. The number of amides is 1. The van der Waals surface area contributed by atoms with Crippen molar-refractivity contribution in [2.75, 3.05) is 25.1 Å². The van der Waals surface area contributed by atoms with Crippen molar-refractivity contribution < 1.29 is 9.00 Å². The van der Waals surface area contributed by atoms with Crippen molar-refractivity contribution in [1.82, 2.24) is 4.90 Å². The Balaban J connectivity index is 2.13. The summed E-state index contributed by atoms with van der Waals surface area (Å²) in [6.07, 6.45) is 4.11. The summed E-state index contributed by atoms with van der Waals surface area (Å²) in [5.74, 6) is 4.13. The van der Waals surface area contributed by atoms with E-state index in [9.17, 15) is 9.00 Å². The van der Waals surface area contributed by atoms with E-state index in [0.29, 0.717) is 42.4 Å².